The highest BCUT2D eigenvalue weighted by molar-refractivity contribution is 14.1. The van der Waals surface area contributed by atoms with Crippen molar-refractivity contribution in [1.82, 2.24) is 24.6 Å². The van der Waals surface area contributed by atoms with E-state index < -0.39 is 50.4 Å². The van der Waals surface area contributed by atoms with E-state index in [1.807, 2.05) is 67.6 Å². The summed E-state index contributed by atoms with van der Waals surface area (Å²) in [6, 6.07) is 11.5. The van der Waals surface area contributed by atoms with Gasteiger partial charge in [-0.2, -0.15) is 15.1 Å². The van der Waals surface area contributed by atoms with Crippen LogP contribution in [-0.2, 0) is 23.4 Å². The van der Waals surface area contributed by atoms with Crippen molar-refractivity contribution in [3.63, 3.8) is 0 Å². The summed E-state index contributed by atoms with van der Waals surface area (Å²) in [5.41, 5.74) is 4.40. The molecule has 48 heavy (non-hydrogen) atoms. The molecule has 5 rings (SSSR count). The van der Waals surface area contributed by atoms with Crippen LogP contribution in [0.2, 0.25) is 0 Å². The van der Waals surface area contributed by atoms with E-state index in [0.717, 1.165) is 5.39 Å². The van der Waals surface area contributed by atoms with Gasteiger partial charge in [0.15, 0.2) is 21.2 Å². The molecule has 3 heterocycles. The van der Waals surface area contributed by atoms with Crippen LogP contribution in [0.3, 0.4) is 0 Å². The summed E-state index contributed by atoms with van der Waals surface area (Å²) in [6.45, 7) is 8.61. The number of hydrogen-bond acceptors (Lipinski definition) is 13. The lowest BCUT2D eigenvalue weighted by atomic mass is 9.93. The number of methoxy groups -OCH3 is 1. The van der Waals surface area contributed by atoms with Crippen molar-refractivity contribution in [1.29, 1.82) is 0 Å². The molecule has 1 saturated heterocycles. The van der Waals surface area contributed by atoms with Gasteiger partial charge in [-0.1, -0.05) is 57.2 Å². The largest absolute Gasteiger partial charge is 0.479 e. The number of nitrogen functional groups attached to an aromatic ring is 1. The van der Waals surface area contributed by atoms with Crippen LogP contribution in [0, 0.1) is 9.25 Å². The number of imidazole rings is 1. The minimum atomic E-state index is -4.38. The number of halogens is 1. The number of carbonyl (C=O) groups excluding carboxylic acids is 1. The second-order valence-electron chi connectivity index (χ2n) is 12.9. The fourth-order valence-electron chi connectivity index (χ4n) is 5.18. The highest BCUT2D eigenvalue weighted by Gasteiger charge is 2.55. The predicted octanol–water partition coefficient (Wildman–Crippen LogP) is 4.35. The molecular weight excluding hydrogens is 758 g/mol. The van der Waals surface area contributed by atoms with Crippen molar-refractivity contribution in [3.05, 3.63) is 46.3 Å². The van der Waals surface area contributed by atoms with E-state index in [-0.39, 0.29) is 40.8 Å². The second-order valence-corrected chi connectivity index (χ2v) is 15.6. The number of nitrogens with zero attached hydrogens (tertiary/aromatic N) is 4. The molecule has 2 aromatic heterocycles. The molecule has 1 aliphatic heterocycles. The number of aliphatic hydroxyl groups excluding tert-OH is 1. The van der Waals surface area contributed by atoms with Crippen LogP contribution in [0.15, 0.2) is 42.5 Å². The fourth-order valence-corrected chi connectivity index (χ4v) is 7.42. The van der Waals surface area contributed by atoms with E-state index in [0.29, 0.717) is 15.6 Å². The number of ether oxygens (including phenoxy) is 3. The SMILES string of the molecule is COc1nc(N)nc2c1nc(I)n2C1O[C@H](COP(=O)(N[C@@H](C)C(=O)OCCC(C)(C)C)Oc2cccc3ccccc23)[C@@H](O)[C@@]1(C)O. The lowest BCUT2D eigenvalue weighted by molar-refractivity contribution is -0.146. The van der Waals surface area contributed by atoms with E-state index in [2.05, 4.69) is 20.0 Å². The number of fused-ring (bicyclic) bond motifs is 2. The van der Waals surface area contributed by atoms with Gasteiger partial charge >= 0.3 is 13.7 Å². The van der Waals surface area contributed by atoms with E-state index in [1.165, 1.54) is 25.5 Å². The number of nitrogens with one attached hydrogen (secondary N) is 1. The first kappa shape index (κ1) is 36.2. The number of carbonyl (C=O) groups is 1. The fraction of sp³-hybridized carbons (Fsp3) is 0.484. The number of esters is 1. The summed E-state index contributed by atoms with van der Waals surface area (Å²) in [5, 5.41) is 27.0. The maximum Gasteiger partial charge on any atom is 0.459 e. The van der Waals surface area contributed by atoms with Gasteiger partial charge in [-0.05, 0) is 37.1 Å². The first-order valence-electron chi connectivity index (χ1n) is 15.2. The Bertz CT molecular complexity index is 1840. The molecule has 260 valence electrons. The Kier molecular flexibility index (Phi) is 10.6. The zero-order valence-corrected chi connectivity index (χ0v) is 30.5. The van der Waals surface area contributed by atoms with Gasteiger partial charge in [-0.15, -0.1) is 0 Å². The van der Waals surface area contributed by atoms with Crippen LogP contribution in [-0.4, -0.2) is 79.9 Å². The number of aromatic nitrogens is 4. The summed E-state index contributed by atoms with van der Waals surface area (Å²) < 4.78 is 45.0. The third-order valence-electron chi connectivity index (χ3n) is 7.84. The van der Waals surface area contributed by atoms with Gasteiger partial charge in [0.2, 0.25) is 11.8 Å². The average Bonchev–Trinajstić information content (AvgIpc) is 3.45. The van der Waals surface area contributed by atoms with E-state index in [9.17, 15) is 19.6 Å². The number of rotatable bonds is 12. The highest BCUT2D eigenvalue weighted by Crippen LogP contribution is 2.49. The molecule has 0 amide bonds. The molecule has 17 heteroatoms. The van der Waals surface area contributed by atoms with Crippen molar-refractivity contribution in [2.45, 2.75) is 71.1 Å². The lowest BCUT2D eigenvalue weighted by Gasteiger charge is -2.28. The molecule has 2 unspecified atom stereocenters. The van der Waals surface area contributed by atoms with Crippen LogP contribution < -0.4 is 20.1 Å². The molecule has 4 aromatic rings. The third-order valence-corrected chi connectivity index (χ3v) is 10.2. The van der Waals surface area contributed by atoms with Crippen LogP contribution in [0.1, 0.15) is 47.3 Å². The number of aliphatic hydroxyl groups is 2. The van der Waals surface area contributed by atoms with Crippen molar-refractivity contribution in [3.8, 4) is 11.6 Å². The summed E-state index contributed by atoms with van der Waals surface area (Å²) >= 11 is 1.93. The van der Waals surface area contributed by atoms with Gasteiger partial charge in [-0.25, -0.2) is 9.55 Å². The summed E-state index contributed by atoms with van der Waals surface area (Å²) in [5.74, 6) is -0.391. The molecule has 0 radical (unpaired) electrons. The minimum Gasteiger partial charge on any atom is -0.479 e. The Hall–Kier alpha value is -3.12. The maximum atomic E-state index is 14.4. The van der Waals surface area contributed by atoms with Crippen LogP contribution >= 0.6 is 30.3 Å². The van der Waals surface area contributed by atoms with Gasteiger partial charge in [0.05, 0.1) is 20.3 Å². The van der Waals surface area contributed by atoms with Gasteiger partial charge < -0.3 is 34.7 Å². The van der Waals surface area contributed by atoms with Crippen LogP contribution in [0.5, 0.6) is 11.6 Å². The molecule has 0 bridgehead atoms. The Morgan fingerprint density at radius 3 is 2.62 bits per heavy atom. The highest BCUT2D eigenvalue weighted by atomic mass is 127. The van der Waals surface area contributed by atoms with E-state index in [4.69, 9.17) is 29.0 Å². The van der Waals surface area contributed by atoms with E-state index >= 15 is 0 Å². The van der Waals surface area contributed by atoms with Gasteiger partial charge in [0.1, 0.15) is 29.6 Å². The molecule has 2 aromatic carbocycles. The molecule has 1 aliphatic rings. The van der Waals surface area contributed by atoms with Gasteiger partial charge in [-0.3, -0.25) is 13.9 Å². The molecule has 1 fully saturated rings. The molecule has 6 atom stereocenters. The normalized spacial score (nSPS) is 23.2. The predicted molar refractivity (Wildman–Crippen MR) is 185 cm³/mol. The van der Waals surface area contributed by atoms with Crippen molar-refractivity contribution < 1.29 is 42.8 Å². The smallest absolute Gasteiger partial charge is 0.459 e. The zero-order chi connectivity index (χ0) is 35.0. The summed E-state index contributed by atoms with van der Waals surface area (Å²) in [4.78, 5) is 25.7. The first-order chi connectivity index (χ1) is 22.5. The Morgan fingerprint density at radius 2 is 1.92 bits per heavy atom. The standard InChI is InChI=1S/C31H40IN6O9P/c1-17(26(40)44-15-14-30(2,3)4)37-48(42,47-20-13-9-11-18-10-7-8-12-19(18)20)45-16-21-23(39)31(5,41)27(46-21)38-24-22(34-28(38)32)25(43-6)36-29(33)35-24/h7-13,17,21,23,27,39,41H,14-16H2,1-6H3,(H,37,42)(H2,33,35,36)/t17-,21+,23+,27?,31+,48?/m0/s1. The average molecular weight is 799 g/mol. The van der Waals surface area contributed by atoms with E-state index in [1.54, 1.807) is 18.2 Å². The van der Waals surface area contributed by atoms with Crippen molar-refractivity contribution >= 4 is 64.2 Å². The minimum absolute atomic E-state index is 0.0549. The van der Waals surface area contributed by atoms with Gasteiger partial charge in [0.25, 0.3) is 0 Å². The third kappa shape index (κ3) is 7.69. The van der Waals surface area contributed by atoms with Crippen molar-refractivity contribution in [2.75, 3.05) is 26.1 Å². The quantitative estimate of drug-likeness (QED) is 0.0682. The monoisotopic (exact) mass is 798 g/mol. The second kappa shape index (κ2) is 14.0. The van der Waals surface area contributed by atoms with Gasteiger partial charge in [0, 0.05) is 28.0 Å². The number of nitrogens with two attached hydrogens (primary N) is 1. The van der Waals surface area contributed by atoms with Crippen LogP contribution in [0.4, 0.5) is 5.95 Å². The summed E-state index contributed by atoms with van der Waals surface area (Å²) in [6.07, 6.45) is -3.37. The molecule has 0 aliphatic carbocycles. The van der Waals surface area contributed by atoms with Crippen molar-refractivity contribution in [2.24, 2.45) is 5.41 Å². The molecule has 15 nitrogen and oxygen atoms in total. The number of benzene rings is 2. The Balaban J connectivity index is 1.40. The zero-order valence-electron chi connectivity index (χ0n) is 27.4. The molecular formula is C31H40IN6O9P. The van der Waals surface area contributed by atoms with Crippen LogP contribution in [0.25, 0.3) is 21.9 Å². The molecule has 5 N–H and O–H groups in total. The summed E-state index contributed by atoms with van der Waals surface area (Å²) in [7, 11) is -2.98. The first-order valence-corrected chi connectivity index (χ1v) is 17.8. The molecule has 0 saturated carbocycles. The number of hydrogen-bond donors (Lipinski definition) is 4. The Labute approximate surface area is 291 Å². The number of anilines is 1. The maximum absolute atomic E-state index is 14.4. The topological polar surface area (TPSA) is 202 Å². The lowest BCUT2D eigenvalue weighted by Crippen LogP contribution is -2.45. The Morgan fingerprint density at radius 1 is 1.21 bits per heavy atom. The molecule has 0 spiro atoms.